The SMILES string of the molecule is CCOC(=O)C(C)(CC1CC(c2ccc(C#CCCF)cc2)=NO1)S(C)(=O)=O. The highest BCUT2D eigenvalue weighted by atomic mass is 32.2. The van der Waals surface area contributed by atoms with E-state index in [4.69, 9.17) is 9.57 Å². The van der Waals surface area contributed by atoms with Crippen LogP contribution in [0.15, 0.2) is 29.4 Å². The van der Waals surface area contributed by atoms with Crippen LogP contribution in [-0.2, 0) is 24.2 Å². The lowest BCUT2D eigenvalue weighted by Crippen LogP contribution is -2.47. The molecule has 2 unspecified atom stereocenters. The predicted molar refractivity (Wildman–Crippen MR) is 104 cm³/mol. The summed E-state index contributed by atoms with van der Waals surface area (Å²) in [7, 11) is -3.72. The van der Waals surface area contributed by atoms with Crippen LogP contribution in [0.4, 0.5) is 4.39 Å². The monoisotopic (exact) mass is 409 g/mol. The Morgan fingerprint density at radius 2 is 2.07 bits per heavy atom. The Balaban J connectivity index is 2.08. The van der Waals surface area contributed by atoms with Gasteiger partial charge in [-0.05, 0) is 31.5 Å². The molecule has 0 radical (unpaired) electrons. The molecule has 0 spiro atoms. The summed E-state index contributed by atoms with van der Waals surface area (Å²) >= 11 is 0. The second-order valence-corrected chi connectivity index (χ2v) is 9.16. The number of oxime groups is 1. The number of carbonyl (C=O) groups is 1. The van der Waals surface area contributed by atoms with E-state index >= 15 is 0 Å². The number of benzene rings is 1. The molecule has 0 aliphatic carbocycles. The average molecular weight is 409 g/mol. The van der Waals surface area contributed by atoms with Gasteiger partial charge in [-0.3, -0.25) is 9.18 Å². The van der Waals surface area contributed by atoms with Gasteiger partial charge in [0.1, 0.15) is 12.8 Å². The van der Waals surface area contributed by atoms with Gasteiger partial charge in [-0.15, -0.1) is 0 Å². The number of alkyl halides is 1. The molecular formula is C20H24FNO5S. The number of rotatable bonds is 7. The molecular weight excluding hydrogens is 385 g/mol. The summed E-state index contributed by atoms with van der Waals surface area (Å²) in [5, 5.41) is 4.05. The van der Waals surface area contributed by atoms with Crippen LogP contribution in [0.1, 0.15) is 44.2 Å². The number of sulfone groups is 1. The van der Waals surface area contributed by atoms with Crippen molar-refractivity contribution in [1.82, 2.24) is 0 Å². The van der Waals surface area contributed by atoms with E-state index in [0.717, 1.165) is 17.4 Å². The standard InChI is InChI=1S/C20H24FNO5S/c1-4-26-19(23)20(2,28(3,24)25)14-17-13-18(22-27-17)16-10-8-15(9-11-16)7-5-6-12-21/h8-11,17H,4,6,12-14H2,1-3H3. The second kappa shape index (κ2) is 9.20. The number of hydrogen-bond donors (Lipinski definition) is 0. The zero-order valence-corrected chi connectivity index (χ0v) is 17.0. The van der Waals surface area contributed by atoms with Gasteiger partial charge in [-0.25, -0.2) is 8.42 Å². The molecule has 0 saturated heterocycles. The summed E-state index contributed by atoms with van der Waals surface area (Å²) in [6.07, 6.45) is 0.984. The van der Waals surface area contributed by atoms with Crippen molar-refractivity contribution in [3.8, 4) is 11.8 Å². The fourth-order valence-electron chi connectivity index (χ4n) is 2.77. The third kappa shape index (κ3) is 5.10. The van der Waals surface area contributed by atoms with Gasteiger partial charge >= 0.3 is 5.97 Å². The van der Waals surface area contributed by atoms with Gasteiger partial charge in [-0.1, -0.05) is 29.1 Å². The van der Waals surface area contributed by atoms with Crippen LogP contribution in [0.5, 0.6) is 0 Å². The zero-order valence-electron chi connectivity index (χ0n) is 16.2. The van der Waals surface area contributed by atoms with Crippen LogP contribution in [-0.4, -0.2) is 50.5 Å². The van der Waals surface area contributed by atoms with Crippen LogP contribution in [0.3, 0.4) is 0 Å². The molecule has 1 aromatic rings. The van der Waals surface area contributed by atoms with Crippen LogP contribution >= 0.6 is 0 Å². The zero-order chi connectivity index (χ0) is 20.8. The summed E-state index contributed by atoms with van der Waals surface area (Å²) in [4.78, 5) is 17.7. The second-order valence-electron chi connectivity index (χ2n) is 6.72. The summed E-state index contributed by atoms with van der Waals surface area (Å²) in [6.45, 7) is 2.60. The number of hydrogen-bond acceptors (Lipinski definition) is 6. The van der Waals surface area contributed by atoms with Gasteiger partial charge in [0.05, 0.1) is 12.3 Å². The first-order valence-electron chi connectivity index (χ1n) is 8.96. The molecule has 0 bridgehead atoms. The van der Waals surface area contributed by atoms with Gasteiger partial charge in [-0.2, -0.15) is 0 Å². The first kappa shape index (κ1) is 21.9. The molecule has 0 aromatic heterocycles. The minimum absolute atomic E-state index is 0.0511. The Labute approximate surface area is 165 Å². The van der Waals surface area contributed by atoms with Crippen molar-refractivity contribution in [3.05, 3.63) is 35.4 Å². The van der Waals surface area contributed by atoms with Crippen LogP contribution in [0, 0.1) is 11.8 Å². The molecule has 0 N–H and O–H groups in total. The topological polar surface area (TPSA) is 82.0 Å². The van der Waals surface area contributed by atoms with E-state index in [-0.39, 0.29) is 19.4 Å². The van der Waals surface area contributed by atoms with Gasteiger partial charge in [0.25, 0.3) is 0 Å². The van der Waals surface area contributed by atoms with Crippen molar-refractivity contribution in [3.63, 3.8) is 0 Å². The molecule has 2 atom stereocenters. The van der Waals surface area contributed by atoms with E-state index < -0.39 is 33.3 Å². The highest BCUT2D eigenvalue weighted by Crippen LogP contribution is 2.30. The summed E-state index contributed by atoms with van der Waals surface area (Å²) in [5.74, 6) is 4.81. The summed E-state index contributed by atoms with van der Waals surface area (Å²) in [6, 6.07) is 7.25. The van der Waals surface area contributed by atoms with Crippen molar-refractivity contribution in [1.29, 1.82) is 0 Å². The van der Waals surface area contributed by atoms with Gasteiger partial charge in [0.15, 0.2) is 14.6 Å². The van der Waals surface area contributed by atoms with Crippen molar-refractivity contribution in [2.75, 3.05) is 19.5 Å². The Morgan fingerprint density at radius 1 is 1.39 bits per heavy atom. The van der Waals surface area contributed by atoms with E-state index in [9.17, 15) is 17.6 Å². The van der Waals surface area contributed by atoms with Gasteiger partial charge < -0.3 is 9.57 Å². The largest absolute Gasteiger partial charge is 0.465 e. The Kier molecular flexibility index (Phi) is 7.19. The van der Waals surface area contributed by atoms with Crippen LogP contribution in [0.2, 0.25) is 0 Å². The quantitative estimate of drug-likeness (QED) is 0.511. The molecule has 152 valence electrons. The van der Waals surface area contributed by atoms with Crippen LogP contribution in [0.25, 0.3) is 0 Å². The van der Waals surface area contributed by atoms with Gasteiger partial charge in [0.2, 0.25) is 0 Å². The third-order valence-electron chi connectivity index (χ3n) is 4.55. The van der Waals surface area contributed by atoms with E-state index in [1.54, 1.807) is 19.1 Å². The van der Waals surface area contributed by atoms with Crippen molar-refractivity contribution in [2.45, 2.75) is 44.0 Å². The molecule has 1 aliphatic heterocycles. The molecule has 8 heteroatoms. The van der Waals surface area contributed by atoms with E-state index in [1.165, 1.54) is 6.92 Å². The lowest BCUT2D eigenvalue weighted by atomic mass is 9.97. The third-order valence-corrected chi connectivity index (χ3v) is 6.52. The Morgan fingerprint density at radius 3 is 2.64 bits per heavy atom. The van der Waals surface area contributed by atoms with Crippen molar-refractivity contribution < 1.29 is 27.2 Å². The maximum atomic E-state index is 12.3. The predicted octanol–water partition coefficient (Wildman–Crippen LogP) is 2.65. The molecule has 0 fully saturated rings. The smallest absolute Gasteiger partial charge is 0.327 e. The molecule has 1 aliphatic rings. The fourth-order valence-corrected chi connectivity index (χ4v) is 3.62. The van der Waals surface area contributed by atoms with Crippen molar-refractivity contribution >= 4 is 21.5 Å². The highest BCUT2D eigenvalue weighted by Gasteiger charge is 2.48. The lowest BCUT2D eigenvalue weighted by Gasteiger charge is -2.27. The molecule has 2 rings (SSSR count). The maximum absolute atomic E-state index is 12.3. The summed E-state index contributed by atoms with van der Waals surface area (Å²) in [5.41, 5.74) is 2.24. The normalized spacial score (nSPS) is 18.3. The number of esters is 1. The highest BCUT2D eigenvalue weighted by molar-refractivity contribution is 7.92. The molecule has 28 heavy (non-hydrogen) atoms. The number of halogens is 1. The fraction of sp³-hybridized carbons (Fsp3) is 0.500. The molecule has 6 nitrogen and oxygen atoms in total. The lowest BCUT2D eigenvalue weighted by molar-refractivity contribution is -0.146. The maximum Gasteiger partial charge on any atom is 0.327 e. The van der Waals surface area contributed by atoms with Crippen LogP contribution < -0.4 is 0 Å². The average Bonchev–Trinajstić information content (AvgIpc) is 3.10. The molecule has 1 aromatic carbocycles. The minimum Gasteiger partial charge on any atom is -0.465 e. The first-order valence-corrected chi connectivity index (χ1v) is 10.8. The minimum atomic E-state index is -3.72. The number of nitrogens with zero attached hydrogens (tertiary/aromatic N) is 1. The molecule has 0 saturated carbocycles. The molecule has 1 heterocycles. The van der Waals surface area contributed by atoms with Gasteiger partial charge in [0, 0.05) is 31.1 Å². The van der Waals surface area contributed by atoms with E-state index in [1.807, 2.05) is 12.1 Å². The molecule has 0 amide bonds. The van der Waals surface area contributed by atoms with Crippen molar-refractivity contribution in [2.24, 2.45) is 5.16 Å². The Bertz CT molecular complexity index is 899. The number of carbonyl (C=O) groups excluding carboxylic acids is 1. The van der Waals surface area contributed by atoms with E-state index in [0.29, 0.717) is 12.1 Å². The van der Waals surface area contributed by atoms with E-state index in [2.05, 4.69) is 17.0 Å². The summed E-state index contributed by atoms with van der Waals surface area (Å²) < 4.78 is 39.8. The number of ether oxygens (including phenoxy) is 1. The Hall–Kier alpha value is -2.40. The first-order chi connectivity index (χ1) is 13.2.